The van der Waals surface area contributed by atoms with E-state index in [0.717, 1.165) is 37.4 Å². The van der Waals surface area contributed by atoms with E-state index in [2.05, 4.69) is 11.0 Å². The Morgan fingerprint density at radius 3 is 2.41 bits per heavy atom. The summed E-state index contributed by atoms with van der Waals surface area (Å²) >= 11 is 0. The molecule has 1 aliphatic rings. The van der Waals surface area contributed by atoms with Gasteiger partial charge in [-0.3, -0.25) is 13.9 Å². The third-order valence-electron chi connectivity index (χ3n) is 6.14. The van der Waals surface area contributed by atoms with Crippen molar-refractivity contribution in [1.29, 1.82) is 0 Å². The summed E-state index contributed by atoms with van der Waals surface area (Å²) in [6.07, 6.45) is 6.09. The van der Waals surface area contributed by atoms with Gasteiger partial charge in [-0.25, -0.2) is 4.79 Å². The number of piperidine rings is 1. The summed E-state index contributed by atoms with van der Waals surface area (Å²) in [5.41, 5.74) is 8.98. The second-order valence-corrected chi connectivity index (χ2v) is 8.81. The van der Waals surface area contributed by atoms with E-state index in [1.54, 1.807) is 7.05 Å². The monoisotopic (exact) mass is 436 g/mol. The predicted octanol–water partition coefficient (Wildman–Crippen LogP) is 2.68. The molecule has 0 bridgehead atoms. The number of hydrogen-bond acceptors (Lipinski definition) is 5. The lowest BCUT2D eigenvalue weighted by Gasteiger charge is -2.28. The molecular formula is C24H32N6O2. The minimum absolute atomic E-state index is 0.281. The Bertz CT molecular complexity index is 1250. The Morgan fingerprint density at radius 1 is 1.06 bits per heavy atom. The first-order valence-corrected chi connectivity index (χ1v) is 11.3. The van der Waals surface area contributed by atoms with Gasteiger partial charge in [-0.15, -0.1) is 0 Å². The van der Waals surface area contributed by atoms with Crippen molar-refractivity contribution in [3.8, 4) is 0 Å². The van der Waals surface area contributed by atoms with Crippen LogP contribution in [0, 0.1) is 0 Å². The van der Waals surface area contributed by atoms with Crippen LogP contribution < -0.4 is 21.9 Å². The van der Waals surface area contributed by atoms with Crippen molar-refractivity contribution in [3.63, 3.8) is 0 Å². The Hall–Kier alpha value is -3.29. The number of nitrogens with two attached hydrogens (primary N) is 1. The van der Waals surface area contributed by atoms with E-state index >= 15 is 0 Å². The minimum atomic E-state index is -0.338. The van der Waals surface area contributed by atoms with Crippen LogP contribution in [0.3, 0.4) is 0 Å². The molecule has 1 fully saturated rings. The molecule has 0 radical (unpaired) electrons. The van der Waals surface area contributed by atoms with E-state index in [4.69, 9.17) is 10.7 Å². The molecule has 2 N–H and O–H groups in total. The van der Waals surface area contributed by atoms with Gasteiger partial charge in [-0.05, 0) is 57.2 Å². The summed E-state index contributed by atoms with van der Waals surface area (Å²) < 4.78 is 4.82. The highest BCUT2D eigenvalue weighted by Gasteiger charge is 2.24. The predicted molar refractivity (Wildman–Crippen MR) is 129 cm³/mol. The fourth-order valence-corrected chi connectivity index (χ4v) is 4.26. The number of nitrogens with zero attached hydrogens (tertiary/aromatic N) is 5. The Kier molecular flexibility index (Phi) is 6.21. The van der Waals surface area contributed by atoms with E-state index < -0.39 is 0 Å². The molecule has 2 aromatic heterocycles. The number of fused-ring (bicyclic) bond motifs is 1. The first-order chi connectivity index (χ1) is 15.4. The number of allylic oxidation sites excluding steroid dienone is 2. The van der Waals surface area contributed by atoms with Crippen LogP contribution in [-0.2, 0) is 26.6 Å². The summed E-state index contributed by atoms with van der Waals surface area (Å²) in [6, 6.07) is 7.52. The van der Waals surface area contributed by atoms with Gasteiger partial charge in [0.25, 0.3) is 5.56 Å². The summed E-state index contributed by atoms with van der Waals surface area (Å²) in [5, 5.41) is 0. The number of hydrogen-bond donors (Lipinski definition) is 1. The third-order valence-corrected chi connectivity index (χ3v) is 6.14. The molecule has 0 saturated carbocycles. The summed E-state index contributed by atoms with van der Waals surface area (Å²) in [4.78, 5) is 33.7. The molecule has 0 atom stereocenters. The molecule has 1 aromatic carbocycles. The van der Waals surface area contributed by atoms with E-state index in [9.17, 15) is 9.59 Å². The molecular weight excluding hydrogens is 404 g/mol. The highest BCUT2D eigenvalue weighted by Crippen LogP contribution is 2.23. The zero-order chi connectivity index (χ0) is 22.8. The van der Waals surface area contributed by atoms with Gasteiger partial charge in [-0.2, -0.15) is 4.98 Å². The lowest BCUT2D eigenvalue weighted by molar-refractivity contribution is 0.560. The Morgan fingerprint density at radius 2 is 1.75 bits per heavy atom. The fourth-order valence-electron chi connectivity index (χ4n) is 4.26. The molecule has 1 aliphatic heterocycles. The minimum Gasteiger partial charge on any atom is -0.399 e. The molecule has 170 valence electrons. The molecule has 0 amide bonds. The van der Waals surface area contributed by atoms with Crippen LogP contribution in [0.4, 0.5) is 11.6 Å². The lowest BCUT2D eigenvalue weighted by Crippen LogP contribution is -2.40. The topological polar surface area (TPSA) is 91.1 Å². The zero-order valence-corrected chi connectivity index (χ0v) is 19.2. The first-order valence-electron chi connectivity index (χ1n) is 11.3. The first kappa shape index (κ1) is 21.9. The van der Waals surface area contributed by atoms with Crippen LogP contribution in [0.2, 0.25) is 0 Å². The van der Waals surface area contributed by atoms with Crippen molar-refractivity contribution >= 4 is 22.8 Å². The fraction of sp³-hybridized carbons (Fsp3) is 0.458. The third kappa shape index (κ3) is 4.22. The van der Waals surface area contributed by atoms with Crippen LogP contribution in [0.25, 0.3) is 11.2 Å². The second kappa shape index (κ2) is 9.06. The van der Waals surface area contributed by atoms with Crippen molar-refractivity contribution < 1.29 is 0 Å². The summed E-state index contributed by atoms with van der Waals surface area (Å²) in [7, 11) is 1.70. The van der Waals surface area contributed by atoms with Gasteiger partial charge in [0.15, 0.2) is 11.2 Å². The Labute approximate surface area is 187 Å². The summed E-state index contributed by atoms with van der Waals surface area (Å²) in [5.74, 6) is 0.778. The molecule has 0 unspecified atom stereocenters. The van der Waals surface area contributed by atoms with Crippen molar-refractivity contribution in [2.24, 2.45) is 7.05 Å². The maximum Gasteiger partial charge on any atom is 0.332 e. The van der Waals surface area contributed by atoms with Crippen LogP contribution in [0.1, 0.15) is 38.7 Å². The largest absolute Gasteiger partial charge is 0.399 e. The molecule has 1 saturated heterocycles. The number of anilines is 2. The number of imidazole rings is 1. The zero-order valence-electron chi connectivity index (χ0n) is 19.2. The SMILES string of the molecule is CC(C)=CCn1c(N2CCCCC2)nc2c1c(=O)n(CCc1ccc(N)cc1)c(=O)n2C. The second-order valence-electron chi connectivity index (χ2n) is 8.81. The van der Waals surface area contributed by atoms with E-state index in [-0.39, 0.29) is 11.2 Å². The molecule has 0 aliphatic carbocycles. The van der Waals surface area contributed by atoms with E-state index in [1.165, 1.54) is 21.1 Å². The van der Waals surface area contributed by atoms with E-state index in [1.807, 2.05) is 42.7 Å². The van der Waals surface area contributed by atoms with Gasteiger partial charge in [-0.1, -0.05) is 23.8 Å². The van der Waals surface area contributed by atoms with Crippen molar-refractivity contribution in [2.45, 2.75) is 52.6 Å². The van der Waals surface area contributed by atoms with Gasteiger partial charge < -0.3 is 15.2 Å². The molecule has 32 heavy (non-hydrogen) atoms. The standard InChI is InChI=1S/C24H32N6O2/c1-17(2)11-15-29-20-21(26-23(29)28-13-5-4-6-14-28)27(3)24(32)30(22(20)31)16-12-18-7-9-19(25)10-8-18/h7-11H,4-6,12-16,25H2,1-3H3. The molecule has 4 rings (SSSR count). The van der Waals surface area contributed by atoms with Gasteiger partial charge in [0.2, 0.25) is 5.95 Å². The van der Waals surface area contributed by atoms with Crippen LogP contribution in [0.5, 0.6) is 0 Å². The molecule has 3 heterocycles. The average molecular weight is 437 g/mol. The normalized spacial score (nSPS) is 14.2. The Balaban J connectivity index is 1.83. The molecule has 0 spiro atoms. The number of aromatic nitrogens is 4. The van der Waals surface area contributed by atoms with Crippen molar-refractivity contribution in [1.82, 2.24) is 18.7 Å². The lowest BCUT2D eigenvalue weighted by atomic mass is 10.1. The number of aryl methyl sites for hydroxylation is 2. The van der Waals surface area contributed by atoms with Crippen LogP contribution >= 0.6 is 0 Å². The average Bonchev–Trinajstić information content (AvgIpc) is 3.18. The molecule has 8 heteroatoms. The maximum atomic E-state index is 13.6. The van der Waals surface area contributed by atoms with Gasteiger partial charge in [0, 0.05) is 38.9 Å². The number of benzene rings is 1. The van der Waals surface area contributed by atoms with E-state index in [0.29, 0.717) is 36.4 Å². The maximum absolute atomic E-state index is 13.6. The highest BCUT2D eigenvalue weighted by atomic mass is 16.2. The molecule has 8 nitrogen and oxygen atoms in total. The van der Waals surface area contributed by atoms with Crippen molar-refractivity contribution in [3.05, 3.63) is 62.3 Å². The smallest absolute Gasteiger partial charge is 0.332 e. The van der Waals surface area contributed by atoms with Gasteiger partial charge >= 0.3 is 5.69 Å². The number of rotatable bonds is 6. The van der Waals surface area contributed by atoms with Gasteiger partial charge in [0.05, 0.1) is 0 Å². The summed E-state index contributed by atoms with van der Waals surface area (Å²) in [6.45, 7) is 6.77. The van der Waals surface area contributed by atoms with Crippen molar-refractivity contribution in [2.75, 3.05) is 23.7 Å². The van der Waals surface area contributed by atoms with Gasteiger partial charge in [0.1, 0.15) is 0 Å². The number of nitrogen functional groups attached to an aromatic ring is 1. The van der Waals surface area contributed by atoms with Crippen LogP contribution in [0.15, 0.2) is 45.5 Å². The highest BCUT2D eigenvalue weighted by molar-refractivity contribution is 5.74. The molecule has 3 aromatic rings. The van der Waals surface area contributed by atoms with Crippen LogP contribution in [-0.4, -0.2) is 31.8 Å². The quantitative estimate of drug-likeness (QED) is 0.474.